The van der Waals surface area contributed by atoms with Crippen LogP contribution < -0.4 is 0 Å². The third-order valence-corrected chi connectivity index (χ3v) is 4.79. The van der Waals surface area contributed by atoms with E-state index in [0.717, 1.165) is 28.4 Å². The van der Waals surface area contributed by atoms with E-state index in [4.69, 9.17) is 5.11 Å². The van der Waals surface area contributed by atoms with Crippen LogP contribution in [0.3, 0.4) is 0 Å². The van der Waals surface area contributed by atoms with Crippen LogP contribution in [0.15, 0.2) is 24.3 Å². The molecule has 0 spiro atoms. The molecule has 1 heterocycles. The van der Waals surface area contributed by atoms with Crippen LogP contribution in [0.4, 0.5) is 0 Å². The van der Waals surface area contributed by atoms with Gasteiger partial charge >= 0.3 is 5.97 Å². The molecule has 1 N–H and O–H groups in total. The fraction of sp³-hybridized carbons (Fsp3) is 0.333. The summed E-state index contributed by atoms with van der Waals surface area (Å²) < 4.78 is 0. The van der Waals surface area contributed by atoms with Gasteiger partial charge in [-0.1, -0.05) is 24.3 Å². The van der Waals surface area contributed by atoms with Crippen molar-refractivity contribution in [3.05, 3.63) is 51.0 Å². The highest BCUT2D eigenvalue weighted by atomic mass is 32.1. The van der Waals surface area contributed by atoms with Crippen LogP contribution in [-0.4, -0.2) is 16.1 Å². The van der Waals surface area contributed by atoms with Gasteiger partial charge in [-0.05, 0) is 30.9 Å². The number of rotatable bonds is 3. The lowest BCUT2D eigenvalue weighted by Gasteiger charge is -2.04. The maximum Gasteiger partial charge on any atom is 0.312 e. The molecule has 1 aliphatic carbocycles. The molecule has 0 bridgehead atoms. The van der Waals surface area contributed by atoms with E-state index in [0.29, 0.717) is 6.42 Å². The first-order chi connectivity index (χ1) is 9.15. The smallest absolute Gasteiger partial charge is 0.312 e. The number of carbonyl (C=O) groups is 1. The second-order valence-electron chi connectivity index (χ2n) is 4.95. The minimum absolute atomic E-state index is 0.392. The molecule has 0 saturated carbocycles. The Balaban J connectivity index is 1.87. The summed E-state index contributed by atoms with van der Waals surface area (Å²) in [6.07, 6.45) is 2.36. The van der Waals surface area contributed by atoms with Gasteiger partial charge < -0.3 is 5.11 Å². The van der Waals surface area contributed by atoms with Gasteiger partial charge in [-0.15, -0.1) is 11.3 Å². The van der Waals surface area contributed by atoms with E-state index in [2.05, 4.69) is 24.0 Å². The fourth-order valence-corrected chi connectivity index (χ4v) is 3.73. The Morgan fingerprint density at radius 3 is 3.00 bits per heavy atom. The minimum Gasteiger partial charge on any atom is -0.481 e. The summed E-state index contributed by atoms with van der Waals surface area (Å²) in [7, 11) is 0. The number of hydrogen-bond donors (Lipinski definition) is 1. The molecule has 98 valence electrons. The first kappa shape index (κ1) is 12.4. The number of benzene rings is 1. The normalized spacial score (nSPS) is 17.4. The van der Waals surface area contributed by atoms with E-state index in [1.165, 1.54) is 11.1 Å². The van der Waals surface area contributed by atoms with E-state index in [1.54, 1.807) is 11.3 Å². The lowest BCUT2D eigenvalue weighted by atomic mass is 10.1. The Hall–Kier alpha value is -1.68. The summed E-state index contributed by atoms with van der Waals surface area (Å²) >= 11 is 1.67. The summed E-state index contributed by atoms with van der Waals surface area (Å²) in [4.78, 5) is 16.9. The van der Waals surface area contributed by atoms with Crippen molar-refractivity contribution in [2.75, 3.05) is 0 Å². The van der Waals surface area contributed by atoms with Crippen LogP contribution in [0.2, 0.25) is 0 Å². The predicted octanol–water partition coefficient (Wildman–Crippen LogP) is 3.16. The Bertz CT molecular complexity index is 633. The van der Waals surface area contributed by atoms with E-state index in [-0.39, 0.29) is 0 Å². The van der Waals surface area contributed by atoms with E-state index < -0.39 is 11.9 Å². The molecule has 0 aliphatic heterocycles. The molecule has 1 unspecified atom stereocenters. The van der Waals surface area contributed by atoms with Crippen LogP contribution in [0.5, 0.6) is 0 Å². The summed E-state index contributed by atoms with van der Waals surface area (Å²) in [6.45, 7) is 2.09. The average Bonchev–Trinajstić information content (AvgIpc) is 2.91. The molecule has 2 aromatic rings. The molecule has 0 radical (unpaired) electrons. The maximum absolute atomic E-state index is 11.2. The van der Waals surface area contributed by atoms with Gasteiger partial charge in [0.1, 0.15) is 5.92 Å². The number of carboxylic acid groups (broad SMARTS) is 1. The first-order valence-electron chi connectivity index (χ1n) is 6.41. The molecule has 3 nitrogen and oxygen atoms in total. The molecule has 1 atom stereocenters. The van der Waals surface area contributed by atoms with Crippen molar-refractivity contribution in [3.8, 4) is 0 Å². The van der Waals surface area contributed by atoms with E-state index in [9.17, 15) is 4.79 Å². The molecule has 3 rings (SSSR count). The number of fused-ring (bicyclic) bond motifs is 1. The second kappa shape index (κ2) is 4.78. The lowest BCUT2D eigenvalue weighted by Crippen LogP contribution is -2.08. The molecular formula is C15H15NO2S. The van der Waals surface area contributed by atoms with Gasteiger partial charge in [0.25, 0.3) is 0 Å². The average molecular weight is 273 g/mol. The zero-order chi connectivity index (χ0) is 13.4. The van der Waals surface area contributed by atoms with E-state index >= 15 is 0 Å². The topological polar surface area (TPSA) is 50.2 Å². The molecule has 0 saturated heterocycles. The van der Waals surface area contributed by atoms with Crippen molar-refractivity contribution in [2.24, 2.45) is 0 Å². The molecule has 4 heteroatoms. The number of aliphatic carboxylic acids is 1. The number of nitrogens with zero attached hydrogens (tertiary/aromatic N) is 1. The van der Waals surface area contributed by atoms with Crippen molar-refractivity contribution in [1.29, 1.82) is 0 Å². The zero-order valence-electron chi connectivity index (χ0n) is 10.7. The number of hydrogen-bond acceptors (Lipinski definition) is 3. The lowest BCUT2D eigenvalue weighted by molar-refractivity contribution is -0.138. The molecule has 19 heavy (non-hydrogen) atoms. The van der Waals surface area contributed by atoms with Crippen molar-refractivity contribution in [1.82, 2.24) is 4.98 Å². The Labute approximate surface area is 115 Å². The van der Waals surface area contributed by atoms with Crippen LogP contribution in [-0.2, 0) is 17.6 Å². The number of aryl methyl sites for hydroxylation is 2. The number of thiazole rings is 1. The highest BCUT2D eigenvalue weighted by molar-refractivity contribution is 7.11. The van der Waals surface area contributed by atoms with Gasteiger partial charge in [-0.3, -0.25) is 4.79 Å². The SMILES string of the molecule is Cc1ccccc1Cc1nc2c(s1)CCC2C(=O)O. The second-order valence-corrected chi connectivity index (χ2v) is 6.12. The third kappa shape index (κ3) is 2.28. The van der Waals surface area contributed by atoms with Crippen molar-refractivity contribution >= 4 is 17.3 Å². The zero-order valence-corrected chi connectivity index (χ0v) is 11.5. The van der Waals surface area contributed by atoms with Gasteiger partial charge in [0.15, 0.2) is 0 Å². The minimum atomic E-state index is -0.744. The Kier molecular flexibility index (Phi) is 3.11. The van der Waals surface area contributed by atoms with Gasteiger partial charge in [-0.25, -0.2) is 4.98 Å². The van der Waals surface area contributed by atoms with Gasteiger partial charge in [-0.2, -0.15) is 0 Å². The molecule has 1 aromatic carbocycles. The predicted molar refractivity (Wildman–Crippen MR) is 74.8 cm³/mol. The highest BCUT2D eigenvalue weighted by Gasteiger charge is 2.32. The van der Waals surface area contributed by atoms with Gasteiger partial charge in [0.05, 0.1) is 10.7 Å². The fourth-order valence-electron chi connectivity index (χ4n) is 2.56. The standard InChI is InChI=1S/C15H15NO2S/c1-9-4-2-3-5-10(9)8-13-16-14-11(15(17)18)6-7-12(14)19-13/h2-5,11H,6-8H2,1H3,(H,17,18). The molecule has 0 fully saturated rings. The number of aromatic nitrogens is 1. The maximum atomic E-state index is 11.2. The molecular weight excluding hydrogens is 258 g/mol. The molecule has 0 amide bonds. The Morgan fingerprint density at radius 1 is 1.47 bits per heavy atom. The quantitative estimate of drug-likeness (QED) is 0.934. The van der Waals surface area contributed by atoms with Crippen molar-refractivity contribution in [2.45, 2.75) is 32.1 Å². The van der Waals surface area contributed by atoms with Crippen LogP contribution in [0.1, 0.15) is 39.0 Å². The monoisotopic (exact) mass is 273 g/mol. The van der Waals surface area contributed by atoms with Crippen molar-refractivity contribution in [3.63, 3.8) is 0 Å². The Morgan fingerprint density at radius 2 is 2.26 bits per heavy atom. The van der Waals surface area contributed by atoms with Crippen molar-refractivity contribution < 1.29 is 9.90 Å². The first-order valence-corrected chi connectivity index (χ1v) is 7.22. The number of carboxylic acids is 1. The summed E-state index contributed by atoms with van der Waals surface area (Å²) in [5, 5.41) is 10.2. The van der Waals surface area contributed by atoms with Gasteiger partial charge in [0, 0.05) is 11.3 Å². The van der Waals surface area contributed by atoms with Crippen LogP contribution >= 0.6 is 11.3 Å². The third-order valence-electron chi connectivity index (χ3n) is 3.66. The molecule has 1 aliphatic rings. The van der Waals surface area contributed by atoms with Crippen LogP contribution in [0, 0.1) is 6.92 Å². The summed E-state index contributed by atoms with van der Waals surface area (Å²) in [5.74, 6) is -1.14. The highest BCUT2D eigenvalue weighted by Crippen LogP contribution is 2.37. The van der Waals surface area contributed by atoms with E-state index in [1.807, 2.05) is 12.1 Å². The summed E-state index contributed by atoms with van der Waals surface area (Å²) in [5.41, 5.74) is 3.33. The van der Waals surface area contributed by atoms with Gasteiger partial charge in [0.2, 0.25) is 0 Å². The van der Waals surface area contributed by atoms with Crippen LogP contribution in [0.25, 0.3) is 0 Å². The molecule has 1 aromatic heterocycles. The summed E-state index contributed by atoms with van der Waals surface area (Å²) in [6, 6.07) is 8.26. The largest absolute Gasteiger partial charge is 0.481 e.